The van der Waals surface area contributed by atoms with Gasteiger partial charge in [0, 0.05) is 0 Å². The van der Waals surface area contributed by atoms with Crippen LogP contribution in [0.4, 0.5) is 18.9 Å². The fourth-order valence-corrected chi connectivity index (χ4v) is 0.877. The smallest absolute Gasteiger partial charge is 0.373 e. The van der Waals surface area contributed by atoms with E-state index in [0.717, 1.165) is 6.92 Å². The lowest BCUT2D eigenvalue weighted by Crippen LogP contribution is -2.33. The zero-order valence-corrected chi connectivity index (χ0v) is 7.84. The number of aromatic nitrogens is 1. The molecule has 1 rings (SSSR count). The van der Waals surface area contributed by atoms with E-state index in [1.165, 1.54) is 18.3 Å². The lowest BCUT2D eigenvalue weighted by atomic mass is 10.3. The summed E-state index contributed by atoms with van der Waals surface area (Å²) in [6, 6.07) is 2.87. The van der Waals surface area contributed by atoms with Crippen molar-refractivity contribution in [2.45, 2.75) is 19.1 Å². The number of anilines is 1. The maximum Gasteiger partial charge on any atom is 0.408 e. The van der Waals surface area contributed by atoms with Gasteiger partial charge in [0.25, 0.3) is 0 Å². The number of rotatable bonds is 2. The highest BCUT2D eigenvalue weighted by Gasteiger charge is 2.35. The monoisotopic (exact) mass is 215 g/mol. The lowest BCUT2D eigenvalue weighted by Gasteiger charge is -2.17. The molecule has 1 atom stereocenters. The molecule has 15 heavy (non-hydrogen) atoms. The Bertz CT molecular complexity index is 364. The normalized spacial score (nSPS) is 13.0. The molecule has 80 valence electrons. The number of alkyl halides is 3. The number of hydrogen-bond donors (Lipinski definition) is 1. The van der Waals surface area contributed by atoms with Crippen LogP contribution in [0.25, 0.3) is 0 Å². The first-order valence-corrected chi connectivity index (χ1v) is 4.13. The Kier molecular flexibility index (Phi) is 3.14. The molecule has 0 saturated heterocycles. The van der Waals surface area contributed by atoms with Gasteiger partial charge in [-0.25, -0.2) is 4.98 Å². The standard InChI is InChI=1S/C9H8F3N3/c1-6(9(10,11)12)15-8-3-2-7(4-13)14-5-8/h2-3,5-6,15H,1H3. The van der Waals surface area contributed by atoms with E-state index in [1.54, 1.807) is 6.07 Å². The first-order chi connectivity index (χ1) is 6.93. The van der Waals surface area contributed by atoms with E-state index >= 15 is 0 Å². The summed E-state index contributed by atoms with van der Waals surface area (Å²) in [7, 11) is 0. The topological polar surface area (TPSA) is 48.7 Å². The van der Waals surface area contributed by atoms with Crippen LogP contribution < -0.4 is 5.32 Å². The quantitative estimate of drug-likeness (QED) is 0.823. The zero-order chi connectivity index (χ0) is 11.5. The van der Waals surface area contributed by atoms with Crippen LogP contribution in [0.2, 0.25) is 0 Å². The van der Waals surface area contributed by atoms with Gasteiger partial charge in [-0.15, -0.1) is 0 Å². The first kappa shape index (κ1) is 11.3. The summed E-state index contributed by atoms with van der Waals surface area (Å²) in [5.74, 6) is 0. The number of hydrogen-bond acceptors (Lipinski definition) is 3. The molecule has 0 aromatic carbocycles. The molecule has 0 aliphatic carbocycles. The molecule has 0 radical (unpaired) electrons. The van der Waals surface area contributed by atoms with Gasteiger partial charge in [0.1, 0.15) is 17.8 Å². The minimum Gasteiger partial charge on any atom is -0.373 e. The predicted octanol–water partition coefficient (Wildman–Crippen LogP) is 2.32. The van der Waals surface area contributed by atoms with Crippen LogP contribution in [0.15, 0.2) is 18.3 Å². The molecule has 0 aliphatic heterocycles. The fourth-order valence-electron chi connectivity index (χ4n) is 0.877. The van der Waals surface area contributed by atoms with Crippen molar-refractivity contribution >= 4 is 5.69 Å². The molecule has 1 aromatic heterocycles. The zero-order valence-electron chi connectivity index (χ0n) is 7.84. The fraction of sp³-hybridized carbons (Fsp3) is 0.333. The third kappa shape index (κ3) is 3.13. The molecular formula is C9H8F3N3. The number of nitriles is 1. The van der Waals surface area contributed by atoms with Crippen molar-refractivity contribution in [2.24, 2.45) is 0 Å². The van der Waals surface area contributed by atoms with Crippen LogP contribution in [0.3, 0.4) is 0 Å². The van der Waals surface area contributed by atoms with E-state index in [-0.39, 0.29) is 11.4 Å². The van der Waals surface area contributed by atoms with Crippen molar-refractivity contribution < 1.29 is 13.2 Å². The summed E-state index contributed by atoms with van der Waals surface area (Å²) in [5, 5.41) is 10.7. The molecular weight excluding hydrogens is 207 g/mol. The molecule has 3 nitrogen and oxygen atoms in total. The van der Waals surface area contributed by atoms with Gasteiger partial charge in [-0.2, -0.15) is 18.4 Å². The Balaban J connectivity index is 2.70. The number of pyridine rings is 1. The molecule has 1 N–H and O–H groups in total. The molecule has 0 spiro atoms. The molecule has 6 heteroatoms. The van der Waals surface area contributed by atoms with Crippen molar-refractivity contribution in [2.75, 3.05) is 5.32 Å². The van der Waals surface area contributed by atoms with Gasteiger partial charge in [-0.05, 0) is 19.1 Å². The molecule has 1 unspecified atom stereocenters. The molecule has 0 amide bonds. The van der Waals surface area contributed by atoms with Crippen molar-refractivity contribution in [1.29, 1.82) is 5.26 Å². The van der Waals surface area contributed by atoms with E-state index in [0.29, 0.717) is 0 Å². The van der Waals surface area contributed by atoms with E-state index in [9.17, 15) is 13.2 Å². The molecule has 0 saturated carbocycles. The van der Waals surface area contributed by atoms with Crippen LogP contribution in [0, 0.1) is 11.3 Å². The second-order valence-electron chi connectivity index (χ2n) is 2.95. The van der Waals surface area contributed by atoms with Crippen molar-refractivity contribution in [3.8, 4) is 6.07 Å². The first-order valence-electron chi connectivity index (χ1n) is 4.13. The number of halogens is 3. The molecule has 1 heterocycles. The van der Waals surface area contributed by atoms with E-state index in [2.05, 4.69) is 10.3 Å². The highest BCUT2D eigenvalue weighted by Crippen LogP contribution is 2.22. The third-order valence-corrected chi connectivity index (χ3v) is 1.75. The summed E-state index contributed by atoms with van der Waals surface area (Å²) in [4.78, 5) is 3.64. The molecule has 0 fully saturated rings. The van der Waals surface area contributed by atoms with Crippen molar-refractivity contribution in [3.05, 3.63) is 24.0 Å². The van der Waals surface area contributed by atoms with Crippen LogP contribution in [0.1, 0.15) is 12.6 Å². The van der Waals surface area contributed by atoms with Gasteiger partial charge in [0.15, 0.2) is 0 Å². The van der Waals surface area contributed by atoms with Crippen LogP contribution in [-0.2, 0) is 0 Å². The maximum absolute atomic E-state index is 12.1. The summed E-state index contributed by atoms with van der Waals surface area (Å²) >= 11 is 0. The Labute approximate surface area is 84.5 Å². The lowest BCUT2D eigenvalue weighted by molar-refractivity contribution is -0.138. The van der Waals surface area contributed by atoms with Gasteiger partial charge in [0.05, 0.1) is 11.9 Å². The van der Waals surface area contributed by atoms with Crippen LogP contribution >= 0.6 is 0 Å². The summed E-state index contributed by atoms with van der Waals surface area (Å²) in [6.07, 6.45) is -3.10. The Hall–Kier alpha value is -1.77. The van der Waals surface area contributed by atoms with Crippen molar-refractivity contribution in [3.63, 3.8) is 0 Å². The summed E-state index contributed by atoms with van der Waals surface area (Å²) in [6.45, 7) is 1.01. The van der Waals surface area contributed by atoms with Crippen molar-refractivity contribution in [1.82, 2.24) is 4.98 Å². The van der Waals surface area contributed by atoms with Gasteiger partial charge >= 0.3 is 6.18 Å². The van der Waals surface area contributed by atoms with E-state index < -0.39 is 12.2 Å². The molecule has 0 aliphatic rings. The second kappa shape index (κ2) is 4.17. The van der Waals surface area contributed by atoms with Crippen LogP contribution in [-0.4, -0.2) is 17.2 Å². The number of nitrogens with zero attached hydrogens (tertiary/aromatic N) is 2. The average Bonchev–Trinajstić information content (AvgIpc) is 2.17. The van der Waals surface area contributed by atoms with Crippen LogP contribution in [0.5, 0.6) is 0 Å². The molecule has 1 aromatic rings. The summed E-state index contributed by atoms with van der Waals surface area (Å²) < 4.78 is 36.4. The van der Waals surface area contributed by atoms with Gasteiger partial charge in [0.2, 0.25) is 0 Å². The molecule has 0 bridgehead atoms. The highest BCUT2D eigenvalue weighted by atomic mass is 19.4. The van der Waals surface area contributed by atoms with Gasteiger partial charge in [-0.1, -0.05) is 0 Å². The minimum atomic E-state index is -4.30. The summed E-state index contributed by atoms with van der Waals surface area (Å²) in [5.41, 5.74) is 0.402. The van der Waals surface area contributed by atoms with Gasteiger partial charge < -0.3 is 5.32 Å². The highest BCUT2D eigenvalue weighted by molar-refractivity contribution is 5.43. The Morgan fingerprint density at radius 3 is 2.53 bits per heavy atom. The maximum atomic E-state index is 12.1. The Morgan fingerprint density at radius 1 is 1.47 bits per heavy atom. The van der Waals surface area contributed by atoms with E-state index in [4.69, 9.17) is 5.26 Å². The SMILES string of the molecule is CC(Nc1ccc(C#N)nc1)C(F)(F)F. The minimum absolute atomic E-state index is 0.167. The number of nitrogens with one attached hydrogen (secondary N) is 1. The Morgan fingerprint density at radius 2 is 2.13 bits per heavy atom. The van der Waals surface area contributed by atoms with Gasteiger partial charge in [-0.3, -0.25) is 0 Å². The average molecular weight is 215 g/mol. The predicted molar refractivity (Wildman–Crippen MR) is 48.1 cm³/mol. The van der Waals surface area contributed by atoms with E-state index in [1.807, 2.05) is 0 Å². The third-order valence-electron chi connectivity index (χ3n) is 1.75. The largest absolute Gasteiger partial charge is 0.408 e. The second-order valence-corrected chi connectivity index (χ2v) is 2.95.